The lowest BCUT2D eigenvalue weighted by Crippen LogP contribution is -2.09. The Balaban J connectivity index is 2.14. The molecule has 0 saturated heterocycles. The minimum Gasteiger partial charge on any atom is -0.448 e. The molecule has 1 unspecified atom stereocenters. The number of nitrogens with two attached hydrogens (primary N) is 1. The van der Waals surface area contributed by atoms with Crippen molar-refractivity contribution in [3.63, 3.8) is 0 Å². The van der Waals surface area contributed by atoms with Crippen LogP contribution in [0.5, 0.6) is 0 Å². The van der Waals surface area contributed by atoms with Crippen LogP contribution in [0.3, 0.4) is 0 Å². The number of aromatic nitrogens is 1. The molecule has 2 N–H and O–H groups in total. The van der Waals surface area contributed by atoms with Crippen molar-refractivity contribution in [3.8, 4) is 0 Å². The van der Waals surface area contributed by atoms with Crippen molar-refractivity contribution < 1.29 is 8.81 Å². The molecule has 0 radical (unpaired) electrons. The van der Waals surface area contributed by atoms with E-state index < -0.39 is 0 Å². The number of hydrogen-bond donors (Lipinski definition) is 1. The molecule has 90 valence electrons. The highest BCUT2D eigenvalue weighted by atomic mass is 19.1. The van der Waals surface area contributed by atoms with E-state index >= 15 is 0 Å². The lowest BCUT2D eigenvalue weighted by molar-refractivity contribution is 0.500. The van der Waals surface area contributed by atoms with Crippen LogP contribution in [0.2, 0.25) is 0 Å². The first-order chi connectivity index (χ1) is 8.20. The summed E-state index contributed by atoms with van der Waals surface area (Å²) in [6.45, 7) is 2.50. The largest absolute Gasteiger partial charge is 0.448 e. The Labute approximate surface area is 99.5 Å². The van der Waals surface area contributed by atoms with Gasteiger partial charge in [-0.25, -0.2) is 9.37 Å². The standard InChI is InChI=1S/C13H15FN2O/c1-9(7-15)12-8-17-13(16-12)6-10-4-2-3-5-11(10)14/h2-5,8-9H,6-7,15H2,1H3. The zero-order valence-electron chi connectivity index (χ0n) is 9.69. The van der Waals surface area contributed by atoms with Crippen LogP contribution >= 0.6 is 0 Å². The maximum Gasteiger partial charge on any atom is 0.198 e. The first-order valence-corrected chi connectivity index (χ1v) is 5.58. The Morgan fingerprint density at radius 1 is 1.41 bits per heavy atom. The molecule has 0 amide bonds. The Bertz CT molecular complexity index is 496. The normalized spacial score (nSPS) is 12.6. The van der Waals surface area contributed by atoms with Crippen molar-refractivity contribution in [2.24, 2.45) is 5.73 Å². The topological polar surface area (TPSA) is 52.0 Å². The van der Waals surface area contributed by atoms with Crippen LogP contribution in [-0.4, -0.2) is 11.5 Å². The Kier molecular flexibility index (Phi) is 3.54. The first kappa shape index (κ1) is 11.8. The quantitative estimate of drug-likeness (QED) is 0.884. The molecule has 1 aromatic carbocycles. The molecule has 0 aliphatic heterocycles. The van der Waals surface area contributed by atoms with Crippen LogP contribution in [0.25, 0.3) is 0 Å². The fourth-order valence-corrected chi connectivity index (χ4v) is 1.56. The van der Waals surface area contributed by atoms with E-state index in [-0.39, 0.29) is 11.7 Å². The summed E-state index contributed by atoms with van der Waals surface area (Å²) in [5.74, 6) is 0.442. The van der Waals surface area contributed by atoms with E-state index in [4.69, 9.17) is 10.2 Å². The number of oxazole rings is 1. The van der Waals surface area contributed by atoms with Crippen molar-refractivity contribution in [2.75, 3.05) is 6.54 Å². The van der Waals surface area contributed by atoms with Gasteiger partial charge in [0.15, 0.2) is 5.89 Å². The van der Waals surface area contributed by atoms with Gasteiger partial charge in [0.05, 0.1) is 12.1 Å². The van der Waals surface area contributed by atoms with Crippen LogP contribution in [0.4, 0.5) is 4.39 Å². The third-order valence-electron chi connectivity index (χ3n) is 2.73. The maximum absolute atomic E-state index is 13.4. The van der Waals surface area contributed by atoms with Crippen LogP contribution in [-0.2, 0) is 6.42 Å². The van der Waals surface area contributed by atoms with E-state index in [2.05, 4.69) is 4.98 Å². The zero-order chi connectivity index (χ0) is 12.3. The summed E-state index contributed by atoms with van der Waals surface area (Å²) in [5.41, 5.74) is 6.95. The fourth-order valence-electron chi connectivity index (χ4n) is 1.56. The maximum atomic E-state index is 13.4. The molecule has 2 rings (SSSR count). The average molecular weight is 234 g/mol. The molecule has 4 heteroatoms. The van der Waals surface area contributed by atoms with E-state index in [1.807, 2.05) is 6.92 Å². The summed E-state index contributed by atoms with van der Waals surface area (Å²) in [5, 5.41) is 0. The molecule has 3 nitrogen and oxygen atoms in total. The van der Waals surface area contributed by atoms with Gasteiger partial charge in [0.2, 0.25) is 0 Å². The molecule has 17 heavy (non-hydrogen) atoms. The SMILES string of the molecule is CC(CN)c1coc(Cc2ccccc2F)n1. The van der Waals surface area contributed by atoms with Gasteiger partial charge in [-0.15, -0.1) is 0 Å². The number of halogens is 1. The molecule has 1 atom stereocenters. The Morgan fingerprint density at radius 2 is 2.18 bits per heavy atom. The van der Waals surface area contributed by atoms with Crippen LogP contribution in [0.15, 0.2) is 34.9 Å². The summed E-state index contributed by atoms with van der Waals surface area (Å²) in [7, 11) is 0. The fraction of sp³-hybridized carbons (Fsp3) is 0.308. The lowest BCUT2D eigenvalue weighted by atomic mass is 10.1. The monoisotopic (exact) mass is 234 g/mol. The minimum atomic E-state index is -0.237. The lowest BCUT2D eigenvalue weighted by Gasteiger charge is -2.01. The van der Waals surface area contributed by atoms with Gasteiger partial charge >= 0.3 is 0 Å². The first-order valence-electron chi connectivity index (χ1n) is 5.58. The summed E-state index contributed by atoms with van der Waals surface area (Å²) in [6.07, 6.45) is 1.96. The molecule has 0 saturated carbocycles. The molecular formula is C13H15FN2O. The predicted molar refractivity (Wildman–Crippen MR) is 63.2 cm³/mol. The molecule has 1 heterocycles. The molecule has 2 aromatic rings. The van der Waals surface area contributed by atoms with Gasteiger partial charge in [0.1, 0.15) is 12.1 Å². The minimum absolute atomic E-state index is 0.160. The van der Waals surface area contributed by atoms with E-state index in [0.29, 0.717) is 24.4 Å². The van der Waals surface area contributed by atoms with Gasteiger partial charge in [0, 0.05) is 12.5 Å². The van der Waals surface area contributed by atoms with Crippen LogP contribution in [0, 0.1) is 5.82 Å². The predicted octanol–water partition coefficient (Wildman–Crippen LogP) is 2.47. The highest BCUT2D eigenvalue weighted by Gasteiger charge is 2.11. The van der Waals surface area contributed by atoms with E-state index in [1.54, 1.807) is 24.5 Å². The zero-order valence-corrected chi connectivity index (χ0v) is 9.69. The molecule has 0 aliphatic carbocycles. The van der Waals surface area contributed by atoms with Crippen LogP contribution in [0.1, 0.15) is 30.0 Å². The van der Waals surface area contributed by atoms with Crippen LogP contribution < -0.4 is 5.73 Å². The summed E-state index contributed by atoms with van der Waals surface area (Å²) >= 11 is 0. The van der Waals surface area contributed by atoms with Crippen molar-refractivity contribution in [2.45, 2.75) is 19.3 Å². The third kappa shape index (κ3) is 2.71. The van der Waals surface area contributed by atoms with Crippen molar-refractivity contribution in [1.82, 2.24) is 4.98 Å². The number of hydrogen-bond acceptors (Lipinski definition) is 3. The van der Waals surface area contributed by atoms with Gasteiger partial charge < -0.3 is 10.2 Å². The molecule has 0 spiro atoms. The van der Waals surface area contributed by atoms with Gasteiger partial charge in [-0.1, -0.05) is 25.1 Å². The van der Waals surface area contributed by atoms with E-state index in [0.717, 1.165) is 5.69 Å². The highest BCUT2D eigenvalue weighted by Crippen LogP contribution is 2.16. The third-order valence-corrected chi connectivity index (χ3v) is 2.73. The van der Waals surface area contributed by atoms with E-state index in [1.165, 1.54) is 6.07 Å². The van der Waals surface area contributed by atoms with Gasteiger partial charge in [-0.05, 0) is 11.6 Å². The molecule has 0 aliphatic rings. The summed E-state index contributed by atoms with van der Waals surface area (Å²) < 4.78 is 18.7. The second-order valence-corrected chi connectivity index (χ2v) is 4.07. The van der Waals surface area contributed by atoms with Gasteiger partial charge in [-0.2, -0.15) is 0 Å². The highest BCUT2D eigenvalue weighted by molar-refractivity contribution is 5.21. The van der Waals surface area contributed by atoms with E-state index in [9.17, 15) is 4.39 Å². The average Bonchev–Trinajstić information content (AvgIpc) is 2.80. The molecule has 1 aromatic heterocycles. The summed E-state index contributed by atoms with van der Waals surface area (Å²) in [4.78, 5) is 4.30. The van der Waals surface area contributed by atoms with Crippen molar-refractivity contribution in [1.29, 1.82) is 0 Å². The number of rotatable bonds is 4. The smallest absolute Gasteiger partial charge is 0.198 e. The van der Waals surface area contributed by atoms with Crippen molar-refractivity contribution in [3.05, 3.63) is 53.5 Å². The number of nitrogens with zero attached hydrogens (tertiary/aromatic N) is 1. The molecular weight excluding hydrogens is 219 g/mol. The van der Waals surface area contributed by atoms with Gasteiger partial charge in [-0.3, -0.25) is 0 Å². The van der Waals surface area contributed by atoms with Gasteiger partial charge in [0.25, 0.3) is 0 Å². The second kappa shape index (κ2) is 5.10. The van der Waals surface area contributed by atoms with Crippen molar-refractivity contribution >= 4 is 0 Å². The summed E-state index contributed by atoms with van der Waals surface area (Å²) in [6, 6.07) is 6.62. The Morgan fingerprint density at radius 3 is 2.88 bits per heavy atom. The molecule has 0 bridgehead atoms. The Hall–Kier alpha value is -1.68. The molecule has 0 fully saturated rings. The number of benzene rings is 1. The second-order valence-electron chi connectivity index (χ2n) is 4.07.